The molecule has 0 aliphatic carbocycles. The fraction of sp³-hybridized carbons (Fsp3) is 0.286. The first kappa shape index (κ1) is 21.2. The van der Waals surface area contributed by atoms with Crippen molar-refractivity contribution in [3.05, 3.63) is 64.7 Å². The number of hydrogen-bond donors (Lipinski definition) is 3. The molecule has 0 radical (unpaired) electrons. The number of carbonyl (C=O) groups is 2. The third-order valence-electron chi connectivity index (χ3n) is 4.47. The van der Waals surface area contributed by atoms with E-state index in [2.05, 4.69) is 16.0 Å². The van der Waals surface area contributed by atoms with Gasteiger partial charge in [0.25, 0.3) is 5.91 Å². The van der Waals surface area contributed by atoms with Crippen LogP contribution in [0.1, 0.15) is 28.8 Å². The number of carbonyl (C=O) groups excluding carboxylic acids is 2. The van der Waals surface area contributed by atoms with Gasteiger partial charge in [-0.1, -0.05) is 35.9 Å². The minimum Gasteiger partial charge on any atom is -0.376 e. The average molecular weight is 432 g/mol. The summed E-state index contributed by atoms with van der Waals surface area (Å²) in [6, 6.07) is 14.0. The van der Waals surface area contributed by atoms with E-state index in [9.17, 15) is 9.59 Å². The fourth-order valence-electron chi connectivity index (χ4n) is 3.01. The molecule has 3 N–H and O–H groups in total. The fourth-order valence-corrected chi connectivity index (χ4v) is 3.36. The Balaban J connectivity index is 1.54. The molecular weight excluding hydrogens is 410 g/mol. The van der Waals surface area contributed by atoms with Crippen LogP contribution in [-0.2, 0) is 16.0 Å². The van der Waals surface area contributed by atoms with E-state index < -0.39 is 0 Å². The lowest BCUT2D eigenvalue weighted by Crippen LogP contribution is -2.36. The predicted octanol–water partition coefficient (Wildman–Crippen LogP) is 3.30. The van der Waals surface area contributed by atoms with Crippen molar-refractivity contribution in [3.63, 3.8) is 0 Å². The Morgan fingerprint density at radius 2 is 1.90 bits per heavy atom. The van der Waals surface area contributed by atoms with Crippen LogP contribution in [0.5, 0.6) is 0 Å². The van der Waals surface area contributed by atoms with Crippen molar-refractivity contribution in [1.82, 2.24) is 10.6 Å². The Morgan fingerprint density at radius 1 is 1.14 bits per heavy atom. The van der Waals surface area contributed by atoms with Crippen LogP contribution in [0.4, 0.5) is 5.69 Å². The maximum atomic E-state index is 12.5. The average Bonchev–Trinajstić information content (AvgIpc) is 3.22. The molecule has 2 amide bonds. The Hall–Kier alpha value is -2.48. The van der Waals surface area contributed by atoms with Gasteiger partial charge in [-0.15, -0.1) is 0 Å². The molecule has 0 aromatic heterocycles. The van der Waals surface area contributed by atoms with Crippen LogP contribution in [0.25, 0.3) is 0 Å². The number of halogens is 1. The summed E-state index contributed by atoms with van der Waals surface area (Å²) in [6.45, 7) is 1.21. The van der Waals surface area contributed by atoms with Crippen molar-refractivity contribution in [2.45, 2.75) is 25.4 Å². The molecule has 1 aliphatic rings. The Labute approximate surface area is 180 Å². The molecule has 0 spiro atoms. The minimum atomic E-state index is -0.259. The summed E-state index contributed by atoms with van der Waals surface area (Å²) in [6.07, 6.45) is 2.20. The minimum absolute atomic E-state index is 0.0623. The lowest BCUT2D eigenvalue weighted by Gasteiger charge is -2.15. The van der Waals surface area contributed by atoms with E-state index in [1.54, 1.807) is 48.5 Å². The zero-order valence-electron chi connectivity index (χ0n) is 15.7. The largest absolute Gasteiger partial charge is 0.376 e. The topological polar surface area (TPSA) is 79.5 Å². The van der Waals surface area contributed by atoms with E-state index in [1.807, 2.05) is 0 Å². The normalized spacial score (nSPS) is 15.6. The number of amides is 2. The molecule has 1 heterocycles. The number of hydrogen-bond acceptors (Lipinski definition) is 4. The van der Waals surface area contributed by atoms with Crippen LogP contribution in [0.2, 0.25) is 5.02 Å². The lowest BCUT2D eigenvalue weighted by molar-refractivity contribution is -0.119. The quantitative estimate of drug-likeness (QED) is 0.611. The van der Waals surface area contributed by atoms with Gasteiger partial charge in [0.15, 0.2) is 5.11 Å². The zero-order chi connectivity index (χ0) is 20.6. The number of para-hydroxylation sites is 1. The van der Waals surface area contributed by atoms with Gasteiger partial charge < -0.3 is 20.7 Å². The summed E-state index contributed by atoms with van der Waals surface area (Å²) in [4.78, 5) is 24.7. The lowest BCUT2D eigenvalue weighted by atomic mass is 10.1. The molecular formula is C21H22ClN3O3S. The summed E-state index contributed by atoms with van der Waals surface area (Å²) in [5, 5.41) is 9.19. The summed E-state index contributed by atoms with van der Waals surface area (Å²) in [5.41, 5.74) is 1.79. The van der Waals surface area contributed by atoms with E-state index in [0.717, 1.165) is 25.0 Å². The van der Waals surface area contributed by atoms with E-state index in [4.69, 9.17) is 28.6 Å². The van der Waals surface area contributed by atoms with Crippen LogP contribution in [0.15, 0.2) is 48.5 Å². The standard InChI is InChI=1S/C21H22ClN3O3S/c22-15-9-7-14(8-10-15)12-19(26)25-21(29)24-18-6-2-1-5-17(18)20(27)23-13-16-4-3-11-28-16/h1-2,5-10,16H,3-4,11-13H2,(H,23,27)(H2,24,25,26,29). The van der Waals surface area contributed by atoms with E-state index in [0.29, 0.717) is 22.8 Å². The van der Waals surface area contributed by atoms with Crippen LogP contribution < -0.4 is 16.0 Å². The molecule has 2 aromatic carbocycles. The molecule has 3 rings (SSSR count). The van der Waals surface area contributed by atoms with Gasteiger partial charge in [-0.2, -0.15) is 0 Å². The highest BCUT2D eigenvalue weighted by Gasteiger charge is 2.18. The second-order valence-corrected chi connectivity index (χ2v) is 7.54. The first-order chi connectivity index (χ1) is 14.0. The highest BCUT2D eigenvalue weighted by molar-refractivity contribution is 7.80. The number of anilines is 1. The van der Waals surface area contributed by atoms with Crippen LogP contribution in [0, 0.1) is 0 Å². The smallest absolute Gasteiger partial charge is 0.253 e. The van der Waals surface area contributed by atoms with Gasteiger partial charge in [0, 0.05) is 18.2 Å². The van der Waals surface area contributed by atoms with Crippen molar-refractivity contribution >= 4 is 46.4 Å². The van der Waals surface area contributed by atoms with Crippen molar-refractivity contribution in [1.29, 1.82) is 0 Å². The number of ether oxygens (including phenoxy) is 1. The summed E-state index contributed by atoms with van der Waals surface area (Å²) in [7, 11) is 0. The van der Waals surface area contributed by atoms with E-state index in [1.165, 1.54) is 0 Å². The van der Waals surface area contributed by atoms with Crippen molar-refractivity contribution < 1.29 is 14.3 Å². The molecule has 0 bridgehead atoms. The molecule has 0 saturated carbocycles. The van der Waals surface area contributed by atoms with E-state index >= 15 is 0 Å². The number of benzene rings is 2. The third kappa shape index (κ3) is 6.52. The SMILES string of the molecule is O=C(Cc1ccc(Cl)cc1)NC(=S)Nc1ccccc1C(=O)NCC1CCCO1. The molecule has 2 aromatic rings. The van der Waals surface area contributed by atoms with Gasteiger partial charge in [0.05, 0.1) is 23.8 Å². The van der Waals surface area contributed by atoms with Crippen molar-refractivity contribution in [2.75, 3.05) is 18.5 Å². The molecule has 8 heteroatoms. The van der Waals surface area contributed by atoms with Crippen LogP contribution >= 0.6 is 23.8 Å². The highest BCUT2D eigenvalue weighted by Crippen LogP contribution is 2.16. The first-order valence-electron chi connectivity index (χ1n) is 9.35. The van der Waals surface area contributed by atoms with Gasteiger partial charge in [0.2, 0.25) is 5.91 Å². The first-order valence-corrected chi connectivity index (χ1v) is 10.1. The molecule has 1 unspecified atom stereocenters. The highest BCUT2D eigenvalue weighted by atomic mass is 35.5. The Morgan fingerprint density at radius 3 is 2.62 bits per heavy atom. The maximum Gasteiger partial charge on any atom is 0.253 e. The Kier molecular flexibility index (Phi) is 7.57. The van der Waals surface area contributed by atoms with Crippen molar-refractivity contribution in [3.8, 4) is 0 Å². The number of rotatable bonds is 6. The maximum absolute atomic E-state index is 12.5. The van der Waals surface area contributed by atoms with Gasteiger partial charge in [-0.3, -0.25) is 9.59 Å². The predicted molar refractivity (Wildman–Crippen MR) is 117 cm³/mol. The molecule has 152 valence electrons. The molecule has 1 fully saturated rings. The number of thiocarbonyl (C=S) groups is 1. The summed E-state index contributed by atoms with van der Waals surface area (Å²) in [5.74, 6) is -0.482. The molecule has 1 saturated heterocycles. The van der Waals surface area contributed by atoms with Gasteiger partial charge >= 0.3 is 0 Å². The van der Waals surface area contributed by atoms with Gasteiger partial charge in [-0.05, 0) is 54.9 Å². The monoisotopic (exact) mass is 431 g/mol. The van der Waals surface area contributed by atoms with Crippen molar-refractivity contribution in [2.24, 2.45) is 0 Å². The Bertz CT molecular complexity index is 883. The zero-order valence-corrected chi connectivity index (χ0v) is 17.3. The second-order valence-electron chi connectivity index (χ2n) is 6.70. The van der Waals surface area contributed by atoms with Gasteiger partial charge in [0.1, 0.15) is 0 Å². The molecule has 1 aliphatic heterocycles. The number of nitrogens with one attached hydrogen (secondary N) is 3. The van der Waals surface area contributed by atoms with E-state index in [-0.39, 0.29) is 29.5 Å². The summed E-state index contributed by atoms with van der Waals surface area (Å²) >= 11 is 11.1. The third-order valence-corrected chi connectivity index (χ3v) is 4.92. The molecule has 1 atom stereocenters. The molecule has 29 heavy (non-hydrogen) atoms. The van der Waals surface area contributed by atoms with Gasteiger partial charge in [-0.25, -0.2) is 0 Å². The molecule has 6 nitrogen and oxygen atoms in total. The second kappa shape index (κ2) is 10.3. The van der Waals surface area contributed by atoms with Crippen LogP contribution in [0.3, 0.4) is 0 Å². The van der Waals surface area contributed by atoms with Crippen LogP contribution in [-0.4, -0.2) is 36.2 Å². The summed E-state index contributed by atoms with van der Waals surface area (Å²) < 4.78 is 5.53.